The number of hydrogen-bond acceptors (Lipinski definition) is 4. The largest absolute Gasteiger partial charge is 0.396 e. The van der Waals surface area contributed by atoms with Crippen molar-refractivity contribution in [3.63, 3.8) is 0 Å². The van der Waals surface area contributed by atoms with E-state index in [1.54, 1.807) is 6.20 Å². The van der Waals surface area contributed by atoms with E-state index in [4.69, 9.17) is 10.2 Å². The highest BCUT2D eigenvalue weighted by molar-refractivity contribution is 4.74. The molecule has 5 nitrogen and oxygen atoms in total. The van der Waals surface area contributed by atoms with Gasteiger partial charge >= 0.3 is 0 Å². The summed E-state index contributed by atoms with van der Waals surface area (Å²) in [4.78, 5) is 6.30. The van der Waals surface area contributed by atoms with Gasteiger partial charge < -0.3 is 19.7 Å². The second-order valence-corrected chi connectivity index (χ2v) is 4.15. The van der Waals surface area contributed by atoms with Crippen molar-refractivity contribution in [2.24, 2.45) is 0 Å². The van der Waals surface area contributed by atoms with Gasteiger partial charge in [-0.3, -0.25) is 0 Å². The zero-order valence-electron chi connectivity index (χ0n) is 10.3. The van der Waals surface area contributed by atoms with Gasteiger partial charge in [0.05, 0.1) is 6.33 Å². The summed E-state index contributed by atoms with van der Waals surface area (Å²) in [5.41, 5.74) is 0. The molecule has 1 rings (SSSR count). The van der Waals surface area contributed by atoms with Crippen LogP contribution in [0.15, 0.2) is 18.7 Å². The first-order valence-electron chi connectivity index (χ1n) is 6.26. The molecule has 17 heavy (non-hydrogen) atoms. The Morgan fingerprint density at radius 3 is 2.18 bits per heavy atom. The maximum absolute atomic E-state index is 8.83. The molecule has 0 aliphatic rings. The Balaban J connectivity index is 2.17. The predicted molar refractivity (Wildman–Crippen MR) is 66.7 cm³/mol. The van der Waals surface area contributed by atoms with Gasteiger partial charge in [-0.15, -0.1) is 0 Å². The molecule has 0 fully saturated rings. The van der Waals surface area contributed by atoms with E-state index in [0.29, 0.717) is 0 Å². The van der Waals surface area contributed by atoms with E-state index in [1.165, 1.54) is 0 Å². The molecule has 0 unspecified atom stereocenters. The average Bonchev–Trinajstić information content (AvgIpc) is 2.85. The molecule has 0 aliphatic heterocycles. The number of aromatic nitrogens is 2. The molecular formula is C12H23N3O2. The van der Waals surface area contributed by atoms with Crippen molar-refractivity contribution < 1.29 is 10.2 Å². The van der Waals surface area contributed by atoms with Crippen molar-refractivity contribution in [1.82, 2.24) is 14.5 Å². The first-order valence-corrected chi connectivity index (χ1v) is 6.26. The lowest BCUT2D eigenvalue weighted by atomic mass is 10.3. The quantitative estimate of drug-likeness (QED) is 0.620. The van der Waals surface area contributed by atoms with Gasteiger partial charge in [0.15, 0.2) is 0 Å². The molecule has 0 saturated carbocycles. The summed E-state index contributed by atoms with van der Waals surface area (Å²) in [5.74, 6) is 0. The maximum Gasteiger partial charge on any atom is 0.0945 e. The van der Waals surface area contributed by atoms with Gasteiger partial charge in [-0.25, -0.2) is 4.98 Å². The van der Waals surface area contributed by atoms with Gasteiger partial charge in [-0.1, -0.05) is 0 Å². The van der Waals surface area contributed by atoms with Crippen molar-refractivity contribution in [3.05, 3.63) is 18.7 Å². The second kappa shape index (κ2) is 9.15. The molecular weight excluding hydrogens is 218 g/mol. The number of aliphatic hydroxyl groups excluding tert-OH is 2. The molecule has 1 aromatic rings. The van der Waals surface area contributed by atoms with Crippen LogP contribution in [-0.4, -0.2) is 57.5 Å². The van der Waals surface area contributed by atoms with Gasteiger partial charge in [-0.2, -0.15) is 0 Å². The van der Waals surface area contributed by atoms with Gasteiger partial charge in [0.1, 0.15) is 0 Å². The minimum absolute atomic E-state index is 0.233. The molecule has 98 valence electrons. The van der Waals surface area contributed by atoms with Crippen molar-refractivity contribution in [3.8, 4) is 0 Å². The average molecular weight is 241 g/mol. The number of aliphatic hydroxyl groups is 2. The molecule has 1 heterocycles. The van der Waals surface area contributed by atoms with Crippen LogP contribution in [-0.2, 0) is 6.54 Å². The monoisotopic (exact) mass is 241 g/mol. The van der Waals surface area contributed by atoms with Crippen LogP contribution in [0.4, 0.5) is 0 Å². The lowest BCUT2D eigenvalue weighted by molar-refractivity contribution is 0.198. The molecule has 0 aromatic carbocycles. The number of aryl methyl sites for hydroxylation is 1. The van der Waals surface area contributed by atoms with Crippen LogP contribution in [0.2, 0.25) is 0 Å². The summed E-state index contributed by atoms with van der Waals surface area (Å²) in [6.45, 7) is 4.24. The molecule has 5 heteroatoms. The molecule has 0 aliphatic carbocycles. The number of hydrogen-bond donors (Lipinski definition) is 2. The van der Waals surface area contributed by atoms with Crippen LogP contribution in [0, 0.1) is 0 Å². The topological polar surface area (TPSA) is 61.5 Å². The van der Waals surface area contributed by atoms with Crippen molar-refractivity contribution >= 4 is 0 Å². The maximum atomic E-state index is 8.83. The highest BCUT2D eigenvalue weighted by atomic mass is 16.3. The van der Waals surface area contributed by atoms with Crippen LogP contribution in [0.5, 0.6) is 0 Å². The molecule has 0 saturated heterocycles. The van der Waals surface area contributed by atoms with Crippen molar-refractivity contribution in [2.45, 2.75) is 25.8 Å². The Kier molecular flexibility index (Phi) is 7.62. The Morgan fingerprint density at radius 1 is 1.00 bits per heavy atom. The fourth-order valence-corrected chi connectivity index (χ4v) is 1.82. The van der Waals surface area contributed by atoms with Crippen LogP contribution in [0.1, 0.15) is 19.3 Å². The minimum atomic E-state index is 0.233. The molecule has 1 aromatic heterocycles. The van der Waals surface area contributed by atoms with Crippen LogP contribution >= 0.6 is 0 Å². The number of nitrogens with zero attached hydrogens (tertiary/aromatic N) is 3. The standard InChI is InChI=1S/C12H23N3O2/c16-10-2-7-14(8-3-11-17)5-1-6-15-9-4-13-12-15/h4,9,12,16-17H,1-3,5-8,10-11H2. The Morgan fingerprint density at radius 2 is 1.65 bits per heavy atom. The smallest absolute Gasteiger partial charge is 0.0945 e. The van der Waals surface area contributed by atoms with Crippen molar-refractivity contribution in [1.29, 1.82) is 0 Å². The summed E-state index contributed by atoms with van der Waals surface area (Å²) in [6, 6.07) is 0. The zero-order chi connectivity index (χ0) is 12.3. The molecule has 0 spiro atoms. The molecule has 0 radical (unpaired) electrons. The number of rotatable bonds is 10. The fourth-order valence-electron chi connectivity index (χ4n) is 1.82. The summed E-state index contributed by atoms with van der Waals surface area (Å²) >= 11 is 0. The third kappa shape index (κ3) is 6.41. The van der Waals surface area contributed by atoms with E-state index >= 15 is 0 Å². The van der Waals surface area contributed by atoms with Crippen molar-refractivity contribution in [2.75, 3.05) is 32.8 Å². The fraction of sp³-hybridized carbons (Fsp3) is 0.750. The van der Waals surface area contributed by atoms with E-state index in [2.05, 4.69) is 14.5 Å². The minimum Gasteiger partial charge on any atom is -0.396 e. The van der Waals surface area contributed by atoms with Gasteiger partial charge in [-0.05, 0) is 25.8 Å². The first-order chi connectivity index (χ1) is 8.36. The third-order valence-corrected chi connectivity index (χ3v) is 2.71. The SMILES string of the molecule is OCCCN(CCCO)CCCn1ccnc1. The zero-order valence-corrected chi connectivity index (χ0v) is 10.3. The molecule has 0 amide bonds. The van der Waals surface area contributed by atoms with Gasteiger partial charge in [0.2, 0.25) is 0 Å². The van der Waals surface area contributed by atoms with E-state index < -0.39 is 0 Å². The first kappa shape index (κ1) is 14.2. The lowest BCUT2D eigenvalue weighted by Crippen LogP contribution is -2.29. The van der Waals surface area contributed by atoms with Crippen LogP contribution in [0.3, 0.4) is 0 Å². The highest BCUT2D eigenvalue weighted by Crippen LogP contribution is 1.98. The predicted octanol–water partition coefficient (Wildman–Crippen LogP) is 0.340. The normalized spacial score (nSPS) is 11.2. The third-order valence-electron chi connectivity index (χ3n) is 2.71. The van der Waals surface area contributed by atoms with Crippen LogP contribution < -0.4 is 0 Å². The van der Waals surface area contributed by atoms with Crippen LogP contribution in [0.25, 0.3) is 0 Å². The molecule has 2 N–H and O–H groups in total. The number of imidazole rings is 1. The summed E-state index contributed by atoms with van der Waals surface area (Å²) in [7, 11) is 0. The second-order valence-electron chi connectivity index (χ2n) is 4.15. The Bertz CT molecular complexity index is 257. The summed E-state index contributed by atoms with van der Waals surface area (Å²) < 4.78 is 2.07. The Hall–Kier alpha value is -0.910. The molecule has 0 bridgehead atoms. The van der Waals surface area contributed by atoms with E-state index in [9.17, 15) is 0 Å². The van der Waals surface area contributed by atoms with E-state index in [-0.39, 0.29) is 13.2 Å². The highest BCUT2D eigenvalue weighted by Gasteiger charge is 2.03. The molecule has 0 atom stereocenters. The van der Waals surface area contributed by atoms with E-state index in [0.717, 1.165) is 45.4 Å². The van der Waals surface area contributed by atoms with Gasteiger partial charge in [0, 0.05) is 45.2 Å². The van der Waals surface area contributed by atoms with Gasteiger partial charge in [0.25, 0.3) is 0 Å². The lowest BCUT2D eigenvalue weighted by Gasteiger charge is -2.21. The van der Waals surface area contributed by atoms with E-state index in [1.807, 2.05) is 12.5 Å². The summed E-state index contributed by atoms with van der Waals surface area (Å²) in [5, 5.41) is 17.7. The Labute approximate surface area is 103 Å². The summed E-state index contributed by atoms with van der Waals surface area (Å²) in [6.07, 6.45) is 8.24.